The minimum atomic E-state index is -1.81. The standard InChI is InChI=1S/C12H16O4P/c1-3-15-10-7-5-6-8-11(10)17(14)9-12(13)16-4-2/h5-8H,3-4,9H2,1-2H3/q+1. The number of carbonyl (C=O) groups excluding carboxylic acids is 1. The van der Waals surface area contributed by atoms with Crippen LogP contribution in [0.3, 0.4) is 0 Å². The van der Waals surface area contributed by atoms with Gasteiger partial charge < -0.3 is 9.47 Å². The Morgan fingerprint density at radius 3 is 2.59 bits per heavy atom. The van der Waals surface area contributed by atoms with Gasteiger partial charge in [-0.2, -0.15) is 0 Å². The van der Waals surface area contributed by atoms with Crippen molar-refractivity contribution in [3.63, 3.8) is 0 Å². The number of esters is 1. The molecule has 0 aromatic heterocycles. The van der Waals surface area contributed by atoms with Crippen LogP contribution >= 0.6 is 7.80 Å². The summed E-state index contributed by atoms with van der Waals surface area (Å²) < 4.78 is 22.1. The van der Waals surface area contributed by atoms with Gasteiger partial charge in [0, 0.05) is 0 Å². The summed E-state index contributed by atoms with van der Waals surface area (Å²) in [7, 11) is -1.81. The molecule has 1 aromatic carbocycles. The van der Waals surface area contributed by atoms with Crippen molar-refractivity contribution in [2.75, 3.05) is 19.4 Å². The molecule has 0 spiro atoms. The second kappa shape index (κ2) is 7.02. The molecule has 0 aliphatic carbocycles. The van der Waals surface area contributed by atoms with Crippen LogP contribution in [-0.2, 0) is 14.1 Å². The Balaban J connectivity index is 2.77. The number of para-hydroxylation sites is 1. The summed E-state index contributed by atoms with van der Waals surface area (Å²) in [5.74, 6) is 0.125. The molecule has 1 atom stereocenters. The lowest BCUT2D eigenvalue weighted by atomic mass is 10.3. The number of hydrogen-bond acceptors (Lipinski definition) is 4. The molecule has 0 bridgehead atoms. The van der Waals surface area contributed by atoms with Crippen LogP contribution in [-0.4, -0.2) is 25.3 Å². The van der Waals surface area contributed by atoms with E-state index in [4.69, 9.17) is 9.47 Å². The largest absolute Gasteiger partial charge is 0.489 e. The second-order valence-corrected chi connectivity index (χ2v) is 4.80. The Morgan fingerprint density at radius 1 is 1.24 bits per heavy atom. The Hall–Kier alpha value is -1.41. The van der Waals surface area contributed by atoms with Crippen molar-refractivity contribution in [3.8, 4) is 5.75 Å². The average molecular weight is 255 g/mol. The maximum absolute atomic E-state index is 12.0. The van der Waals surface area contributed by atoms with Gasteiger partial charge in [-0.1, -0.05) is 16.7 Å². The summed E-state index contributed by atoms with van der Waals surface area (Å²) in [4.78, 5) is 11.2. The van der Waals surface area contributed by atoms with E-state index >= 15 is 0 Å². The van der Waals surface area contributed by atoms with Gasteiger partial charge in [-0.25, -0.2) is 4.79 Å². The zero-order valence-electron chi connectivity index (χ0n) is 10.0. The van der Waals surface area contributed by atoms with E-state index in [1.165, 1.54) is 0 Å². The minimum absolute atomic E-state index is 0.104. The lowest BCUT2D eigenvalue weighted by Gasteiger charge is -2.02. The molecule has 0 amide bonds. The van der Waals surface area contributed by atoms with Crippen LogP contribution < -0.4 is 10.0 Å². The zero-order chi connectivity index (χ0) is 12.7. The van der Waals surface area contributed by atoms with E-state index in [1.807, 2.05) is 13.0 Å². The van der Waals surface area contributed by atoms with Gasteiger partial charge in [0.1, 0.15) is 0 Å². The Bertz CT molecular complexity index is 403. The van der Waals surface area contributed by atoms with Gasteiger partial charge in [0.2, 0.25) is 11.5 Å². The highest BCUT2D eigenvalue weighted by Gasteiger charge is 2.28. The van der Waals surface area contributed by atoms with Crippen molar-refractivity contribution in [1.82, 2.24) is 0 Å². The number of hydrogen-bond donors (Lipinski definition) is 0. The van der Waals surface area contributed by atoms with Crippen molar-refractivity contribution in [1.29, 1.82) is 0 Å². The van der Waals surface area contributed by atoms with Gasteiger partial charge in [-0.3, -0.25) is 0 Å². The van der Waals surface area contributed by atoms with Crippen LogP contribution in [0.2, 0.25) is 0 Å². The number of carbonyl (C=O) groups is 1. The first-order valence-corrected chi connectivity index (χ1v) is 6.95. The fourth-order valence-corrected chi connectivity index (χ4v) is 2.48. The molecule has 0 heterocycles. The minimum Gasteiger partial charge on any atom is -0.489 e. The highest BCUT2D eigenvalue weighted by Crippen LogP contribution is 2.26. The van der Waals surface area contributed by atoms with E-state index in [2.05, 4.69) is 0 Å². The molecule has 0 N–H and O–H groups in total. The maximum atomic E-state index is 12.0. The molecule has 1 rings (SSSR count). The van der Waals surface area contributed by atoms with E-state index in [9.17, 15) is 9.36 Å². The van der Waals surface area contributed by atoms with Gasteiger partial charge in [0.15, 0.2) is 5.75 Å². The SMILES string of the molecule is CCOC(=O)C[P+](=O)c1ccccc1OCC. The molecule has 92 valence electrons. The molecule has 17 heavy (non-hydrogen) atoms. The molecular weight excluding hydrogens is 239 g/mol. The first-order chi connectivity index (χ1) is 8.19. The molecule has 0 saturated heterocycles. The molecule has 5 heteroatoms. The van der Waals surface area contributed by atoms with Crippen molar-refractivity contribution in [2.45, 2.75) is 13.8 Å². The quantitative estimate of drug-likeness (QED) is 0.577. The first kappa shape index (κ1) is 13.7. The highest BCUT2D eigenvalue weighted by molar-refractivity contribution is 7.54. The molecular formula is C12H16O4P+. The molecule has 1 aromatic rings. The third kappa shape index (κ3) is 4.16. The Labute approximate surface area is 102 Å². The third-order valence-electron chi connectivity index (χ3n) is 2.01. The molecule has 0 aliphatic heterocycles. The molecule has 4 nitrogen and oxygen atoms in total. The van der Waals surface area contributed by atoms with Gasteiger partial charge >= 0.3 is 13.8 Å². The summed E-state index contributed by atoms with van der Waals surface area (Å²) in [6, 6.07) is 7.04. The van der Waals surface area contributed by atoms with Gasteiger partial charge in [0.05, 0.1) is 13.2 Å². The number of rotatable bonds is 6. The van der Waals surface area contributed by atoms with Crippen LogP contribution in [0.15, 0.2) is 24.3 Å². The van der Waals surface area contributed by atoms with Crippen LogP contribution in [0.4, 0.5) is 0 Å². The van der Waals surface area contributed by atoms with Crippen LogP contribution in [0.25, 0.3) is 0 Å². The van der Waals surface area contributed by atoms with Crippen LogP contribution in [0.5, 0.6) is 5.75 Å². The lowest BCUT2D eigenvalue weighted by molar-refractivity contribution is -0.139. The molecule has 0 aliphatic rings. The Morgan fingerprint density at radius 2 is 1.94 bits per heavy atom. The predicted octanol–water partition coefficient (Wildman–Crippen LogP) is 2.10. The molecule has 0 saturated carbocycles. The lowest BCUT2D eigenvalue weighted by Crippen LogP contribution is -2.12. The fourth-order valence-electron chi connectivity index (χ4n) is 1.35. The molecule has 0 radical (unpaired) electrons. The second-order valence-electron chi connectivity index (χ2n) is 3.24. The fraction of sp³-hybridized carbons (Fsp3) is 0.417. The van der Waals surface area contributed by atoms with Crippen molar-refractivity contribution < 1.29 is 18.8 Å². The summed E-state index contributed by atoms with van der Waals surface area (Å²) in [6.45, 7) is 4.38. The summed E-state index contributed by atoms with van der Waals surface area (Å²) in [5.41, 5.74) is 0. The third-order valence-corrected chi connectivity index (χ3v) is 3.46. The monoisotopic (exact) mass is 255 g/mol. The van der Waals surface area contributed by atoms with E-state index in [0.29, 0.717) is 24.3 Å². The summed E-state index contributed by atoms with van der Waals surface area (Å²) in [6.07, 6.45) is -0.104. The van der Waals surface area contributed by atoms with E-state index in [-0.39, 0.29) is 6.16 Å². The summed E-state index contributed by atoms with van der Waals surface area (Å²) in [5, 5.41) is 0.567. The van der Waals surface area contributed by atoms with Gasteiger partial charge in [-0.15, -0.1) is 0 Å². The van der Waals surface area contributed by atoms with E-state index < -0.39 is 13.8 Å². The predicted molar refractivity (Wildman–Crippen MR) is 66.4 cm³/mol. The van der Waals surface area contributed by atoms with E-state index in [1.54, 1.807) is 25.1 Å². The highest BCUT2D eigenvalue weighted by atomic mass is 31.1. The van der Waals surface area contributed by atoms with Crippen molar-refractivity contribution >= 4 is 19.1 Å². The topological polar surface area (TPSA) is 52.6 Å². The Kier molecular flexibility index (Phi) is 5.64. The molecule has 0 fully saturated rings. The smallest absolute Gasteiger partial charge is 0.392 e. The van der Waals surface area contributed by atoms with Crippen LogP contribution in [0, 0.1) is 0 Å². The number of ether oxygens (including phenoxy) is 2. The van der Waals surface area contributed by atoms with Crippen molar-refractivity contribution in [3.05, 3.63) is 24.3 Å². The van der Waals surface area contributed by atoms with Crippen LogP contribution in [0.1, 0.15) is 13.8 Å². The van der Waals surface area contributed by atoms with Crippen molar-refractivity contribution in [2.24, 2.45) is 0 Å². The summed E-state index contributed by atoms with van der Waals surface area (Å²) >= 11 is 0. The first-order valence-electron chi connectivity index (χ1n) is 5.51. The zero-order valence-corrected chi connectivity index (χ0v) is 10.9. The van der Waals surface area contributed by atoms with E-state index in [0.717, 1.165) is 0 Å². The maximum Gasteiger partial charge on any atom is 0.392 e. The number of benzene rings is 1. The normalized spacial score (nSPS) is 10.8. The van der Waals surface area contributed by atoms with Gasteiger partial charge in [0.25, 0.3) is 0 Å². The molecule has 1 unspecified atom stereocenters. The average Bonchev–Trinajstić information content (AvgIpc) is 2.30. The van der Waals surface area contributed by atoms with Gasteiger partial charge in [-0.05, 0) is 26.0 Å².